The van der Waals surface area contributed by atoms with E-state index in [1.54, 1.807) is 0 Å². The van der Waals surface area contributed by atoms with Gasteiger partial charge in [0.1, 0.15) is 17.7 Å². The van der Waals surface area contributed by atoms with Crippen molar-refractivity contribution < 1.29 is 18.7 Å². The van der Waals surface area contributed by atoms with Crippen molar-refractivity contribution in [1.82, 2.24) is 5.32 Å². The number of hydrogen-bond donors (Lipinski definition) is 2. The molecule has 0 aliphatic heterocycles. The molecule has 0 spiro atoms. The molecule has 0 fully saturated rings. The fourth-order valence-corrected chi connectivity index (χ4v) is 2.44. The molecule has 0 aromatic heterocycles. The highest BCUT2D eigenvalue weighted by atomic mass is 32.2. The van der Waals surface area contributed by atoms with E-state index < -0.39 is 23.6 Å². The quantitative estimate of drug-likeness (QED) is 0.723. The van der Waals surface area contributed by atoms with Crippen molar-refractivity contribution in [1.29, 1.82) is 0 Å². The van der Waals surface area contributed by atoms with Crippen LogP contribution in [-0.2, 0) is 4.79 Å². The average molecular weight is 289 g/mol. The van der Waals surface area contributed by atoms with Gasteiger partial charge in [-0.2, -0.15) is 0 Å². The summed E-state index contributed by atoms with van der Waals surface area (Å²) in [5.74, 6) is -1.68. The van der Waals surface area contributed by atoms with Crippen LogP contribution >= 0.6 is 11.8 Å². The van der Waals surface area contributed by atoms with E-state index in [4.69, 9.17) is 5.11 Å². The molecule has 2 N–H and O–H groups in total. The van der Waals surface area contributed by atoms with Crippen LogP contribution < -0.4 is 5.32 Å². The number of carbonyl (C=O) groups is 1. The van der Waals surface area contributed by atoms with Crippen LogP contribution in [0.25, 0.3) is 0 Å². The molecule has 0 saturated heterocycles. The third-order valence-corrected chi connectivity index (χ3v) is 3.58. The minimum Gasteiger partial charge on any atom is -0.480 e. The van der Waals surface area contributed by atoms with Gasteiger partial charge in [-0.05, 0) is 31.5 Å². The number of thioether (sulfide) groups is 1. The van der Waals surface area contributed by atoms with Crippen molar-refractivity contribution in [3.05, 3.63) is 29.8 Å². The Hall–Kier alpha value is -1.14. The van der Waals surface area contributed by atoms with Crippen molar-refractivity contribution in [3.63, 3.8) is 0 Å². The van der Waals surface area contributed by atoms with E-state index in [0.29, 0.717) is 23.6 Å². The van der Waals surface area contributed by atoms with Gasteiger partial charge in [-0.15, -0.1) is 11.8 Å². The highest BCUT2D eigenvalue weighted by Gasteiger charge is 2.16. The number of hydrogen-bond acceptors (Lipinski definition) is 3. The van der Waals surface area contributed by atoms with E-state index >= 15 is 0 Å². The molecule has 19 heavy (non-hydrogen) atoms. The summed E-state index contributed by atoms with van der Waals surface area (Å²) in [6, 6.07) is 2.75. The number of carboxylic acids is 1. The zero-order valence-electron chi connectivity index (χ0n) is 10.7. The normalized spacial score (nSPS) is 12.4. The van der Waals surface area contributed by atoms with Gasteiger partial charge < -0.3 is 10.4 Å². The minimum absolute atomic E-state index is 0.334. The van der Waals surface area contributed by atoms with Crippen LogP contribution in [0.2, 0.25) is 0 Å². The molecule has 0 aliphatic rings. The predicted molar refractivity (Wildman–Crippen MR) is 71.4 cm³/mol. The van der Waals surface area contributed by atoms with Gasteiger partial charge in [0.15, 0.2) is 0 Å². The van der Waals surface area contributed by atoms with Crippen LogP contribution in [0.3, 0.4) is 0 Å². The topological polar surface area (TPSA) is 49.3 Å². The second kappa shape index (κ2) is 8.12. The Morgan fingerprint density at radius 2 is 2.21 bits per heavy atom. The van der Waals surface area contributed by atoms with Crippen LogP contribution in [0.15, 0.2) is 23.1 Å². The highest BCUT2D eigenvalue weighted by molar-refractivity contribution is 7.99. The third-order valence-electron chi connectivity index (χ3n) is 2.50. The lowest BCUT2D eigenvalue weighted by atomic mass is 10.2. The Labute approximate surface area is 115 Å². The van der Waals surface area contributed by atoms with Crippen molar-refractivity contribution in [2.24, 2.45) is 0 Å². The summed E-state index contributed by atoms with van der Waals surface area (Å²) in [4.78, 5) is 11.3. The first-order chi connectivity index (χ1) is 9.04. The maximum absolute atomic E-state index is 13.3. The average Bonchev–Trinajstić information content (AvgIpc) is 2.35. The number of nitrogens with one attached hydrogen (secondary N) is 1. The molecule has 0 bridgehead atoms. The first-order valence-electron chi connectivity index (χ1n) is 6.08. The summed E-state index contributed by atoms with van der Waals surface area (Å²) < 4.78 is 26.0. The zero-order valence-corrected chi connectivity index (χ0v) is 11.5. The maximum Gasteiger partial charge on any atom is 0.320 e. The first-order valence-corrected chi connectivity index (χ1v) is 7.07. The molecule has 0 aliphatic carbocycles. The second-order valence-corrected chi connectivity index (χ2v) is 5.19. The summed E-state index contributed by atoms with van der Waals surface area (Å²) in [6.45, 7) is 2.58. The molecule has 1 atom stereocenters. The Balaban J connectivity index is 2.45. The van der Waals surface area contributed by atoms with E-state index in [1.807, 2.05) is 6.92 Å². The molecule has 106 valence electrons. The molecular weight excluding hydrogens is 272 g/mol. The van der Waals surface area contributed by atoms with Gasteiger partial charge in [-0.25, -0.2) is 8.78 Å². The number of carboxylic acid groups (broad SMARTS) is 1. The van der Waals surface area contributed by atoms with Crippen molar-refractivity contribution in [3.8, 4) is 0 Å². The van der Waals surface area contributed by atoms with Gasteiger partial charge in [-0.3, -0.25) is 4.79 Å². The lowest BCUT2D eigenvalue weighted by Gasteiger charge is -2.13. The van der Waals surface area contributed by atoms with E-state index in [-0.39, 0.29) is 0 Å². The Morgan fingerprint density at radius 3 is 2.79 bits per heavy atom. The minimum atomic E-state index is -0.909. The standard InChI is InChI=1S/C13H17F2NO2S/c1-2-6-16-11(13(17)18)5-7-19-12-4-3-9(14)8-10(12)15/h3-4,8,11,16H,2,5-7H2,1H3,(H,17,18). The molecule has 1 aromatic rings. The first kappa shape index (κ1) is 15.9. The fraction of sp³-hybridized carbons (Fsp3) is 0.462. The fourth-order valence-electron chi connectivity index (χ4n) is 1.51. The summed E-state index contributed by atoms with van der Waals surface area (Å²) in [6.07, 6.45) is 1.24. The molecular formula is C13H17F2NO2S. The van der Waals surface area contributed by atoms with Crippen LogP contribution in [0.1, 0.15) is 19.8 Å². The van der Waals surface area contributed by atoms with Gasteiger partial charge in [0.2, 0.25) is 0 Å². The summed E-state index contributed by atoms with van der Waals surface area (Å²) in [5, 5.41) is 11.9. The number of benzene rings is 1. The Bertz CT molecular complexity index is 429. The van der Waals surface area contributed by atoms with Gasteiger partial charge in [0.05, 0.1) is 0 Å². The molecule has 3 nitrogen and oxygen atoms in total. The van der Waals surface area contributed by atoms with Crippen molar-refractivity contribution in [2.75, 3.05) is 12.3 Å². The zero-order chi connectivity index (χ0) is 14.3. The molecule has 1 unspecified atom stereocenters. The highest BCUT2D eigenvalue weighted by Crippen LogP contribution is 2.23. The van der Waals surface area contributed by atoms with E-state index in [1.165, 1.54) is 23.9 Å². The van der Waals surface area contributed by atoms with Crippen LogP contribution in [0, 0.1) is 11.6 Å². The molecule has 0 radical (unpaired) electrons. The second-order valence-electron chi connectivity index (χ2n) is 4.06. The molecule has 0 saturated carbocycles. The Kier molecular flexibility index (Phi) is 6.80. The lowest BCUT2D eigenvalue weighted by Crippen LogP contribution is -2.37. The van der Waals surface area contributed by atoms with E-state index in [9.17, 15) is 13.6 Å². The SMILES string of the molecule is CCCNC(CCSc1ccc(F)cc1F)C(=O)O. The molecule has 1 aromatic carbocycles. The maximum atomic E-state index is 13.3. The van der Waals surface area contributed by atoms with Gasteiger partial charge in [-0.1, -0.05) is 6.92 Å². The number of aliphatic carboxylic acids is 1. The lowest BCUT2D eigenvalue weighted by molar-refractivity contribution is -0.139. The largest absolute Gasteiger partial charge is 0.480 e. The summed E-state index contributed by atoms with van der Waals surface area (Å²) >= 11 is 1.19. The molecule has 6 heteroatoms. The van der Waals surface area contributed by atoms with Crippen LogP contribution in [-0.4, -0.2) is 29.4 Å². The third kappa shape index (κ3) is 5.57. The number of halogens is 2. The van der Waals surface area contributed by atoms with Crippen LogP contribution in [0.4, 0.5) is 8.78 Å². The van der Waals surface area contributed by atoms with Crippen molar-refractivity contribution >= 4 is 17.7 Å². The smallest absolute Gasteiger partial charge is 0.320 e. The summed E-state index contributed by atoms with van der Waals surface area (Å²) in [5.41, 5.74) is 0. The Morgan fingerprint density at radius 1 is 1.47 bits per heavy atom. The van der Waals surface area contributed by atoms with Gasteiger partial charge in [0.25, 0.3) is 0 Å². The predicted octanol–water partition coefficient (Wildman–Crippen LogP) is 2.90. The van der Waals surface area contributed by atoms with E-state index in [2.05, 4.69) is 5.32 Å². The molecule has 1 rings (SSSR count). The van der Waals surface area contributed by atoms with Crippen LogP contribution in [0.5, 0.6) is 0 Å². The summed E-state index contributed by atoms with van der Waals surface area (Å²) in [7, 11) is 0. The molecule has 0 heterocycles. The van der Waals surface area contributed by atoms with E-state index in [0.717, 1.165) is 12.5 Å². The monoisotopic (exact) mass is 289 g/mol. The number of rotatable bonds is 8. The molecule has 0 amide bonds. The van der Waals surface area contributed by atoms with Gasteiger partial charge >= 0.3 is 5.97 Å². The van der Waals surface area contributed by atoms with Gasteiger partial charge in [0, 0.05) is 16.7 Å². The van der Waals surface area contributed by atoms with Crippen molar-refractivity contribution in [2.45, 2.75) is 30.7 Å².